The summed E-state index contributed by atoms with van der Waals surface area (Å²) in [5, 5.41) is 0. The number of carbonyl (C=O) groups is 1. The van der Waals surface area contributed by atoms with Gasteiger partial charge in [0.15, 0.2) is 0 Å². The van der Waals surface area contributed by atoms with E-state index in [2.05, 4.69) is 0 Å². The topological polar surface area (TPSA) is 57.7 Å². The third-order valence-corrected chi connectivity index (χ3v) is 7.84. The Hall–Kier alpha value is -3.19. The largest absolute Gasteiger partial charge is 0.331 e. The Morgan fingerprint density at radius 3 is 2.50 bits per heavy atom. The van der Waals surface area contributed by atoms with E-state index in [1.165, 1.54) is 28.6 Å². The van der Waals surface area contributed by atoms with Crippen LogP contribution < -0.4 is 4.31 Å². The van der Waals surface area contributed by atoms with E-state index in [-0.39, 0.29) is 22.7 Å². The quantitative estimate of drug-likeness (QED) is 0.560. The monoisotopic (exact) mass is 450 g/mol. The van der Waals surface area contributed by atoms with Crippen molar-refractivity contribution in [2.45, 2.75) is 36.7 Å². The second-order valence-corrected chi connectivity index (χ2v) is 10.1. The molecule has 0 atom stereocenters. The van der Waals surface area contributed by atoms with Crippen molar-refractivity contribution in [3.05, 3.63) is 95.3 Å². The molecular formula is C25H23FN2O3S. The maximum atomic E-state index is 13.4. The molecule has 5 nitrogen and oxygen atoms in total. The second kappa shape index (κ2) is 8.06. The van der Waals surface area contributed by atoms with Gasteiger partial charge in [-0.25, -0.2) is 12.8 Å². The van der Waals surface area contributed by atoms with Crippen molar-refractivity contribution < 1.29 is 17.6 Å². The minimum absolute atomic E-state index is 0.109. The highest BCUT2D eigenvalue weighted by molar-refractivity contribution is 7.92. The van der Waals surface area contributed by atoms with E-state index < -0.39 is 10.0 Å². The van der Waals surface area contributed by atoms with Gasteiger partial charge in [0.25, 0.3) is 15.9 Å². The molecule has 1 amide bonds. The fourth-order valence-electron chi connectivity index (χ4n) is 4.18. The van der Waals surface area contributed by atoms with Crippen LogP contribution in [0.4, 0.5) is 10.1 Å². The molecule has 1 aliphatic heterocycles. The Labute approximate surface area is 187 Å². The molecule has 0 saturated heterocycles. The summed E-state index contributed by atoms with van der Waals surface area (Å²) in [4.78, 5) is 15.2. The first-order valence-electron chi connectivity index (χ1n) is 10.7. The number of hydrogen-bond donors (Lipinski definition) is 0. The van der Waals surface area contributed by atoms with E-state index in [1.807, 2.05) is 24.3 Å². The minimum atomic E-state index is -3.78. The van der Waals surface area contributed by atoms with Gasteiger partial charge in [-0.1, -0.05) is 36.4 Å². The molecule has 3 aromatic carbocycles. The van der Waals surface area contributed by atoms with Gasteiger partial charge in [-0.15, -0.1) is 0 Å². The molecule has 3 aromatic rings. The lowest BCUT2D eigenvalue weighted by Crippen LogP contribution is -2.33. The van der Waals surface area contributed by atoms with E-state index >= 15 is 0 Å². The third kappa shape index (κ3) is 3.88. The van der Waals surface area contributed by atoms with Crippen molar-refractivity contribution in [2.24, 2.45) is 0 Å². The van der Waals surface area contributed by atoms with E-state index in [0.717, 1.165) is 24.0 Å². The van der Waals surface area contributed by atoms with Crippen molar-refractivity contribution in [1.29, 1.82) is 0 Å². The Morgan fingerprint density at radius 2 is 1.75 bits per heavy atom. The lowest BCUT2D eigenvalue weighted by atomic mass is 10.1. The standard InChI is InChI=1S/C25H23FN2O3S/c26-21-10-8-18(9-11-21)17-27(22-12-13-22)25(29)20-5-3-6-23(16-20)32(30,31)28-15-14-19-4-1-2-7-24(19)28/h1-11,16,22H,12-15,17H2. The number of sulfonamides is 1. The molecule has 0 bridgehead atoms. The van der Waals surface area contributed by atoms with Crippen LogP contribution in [-0.4, -0.2) is 31.8 Å². The number of fused-ring (bicyclic) bond motifs is 1. The zero-order valence-electron chi connectivity index (χ0n) is 17.4. The van der Waals surface area contributed by atoms with E-state index in [0.29, 0.717) is 30.8 Å². The summed E-state index contributed by atoms with van der Waals surface area (Å²) in [5.41, 5.74) is 2.87. The number of benzene rings is 3. The number of hydrogen-bond acceptors (Lipinski definition) is 3. The van der Waals surface area contributed by atoms with Crippen molar-refractivity contribution in [3.63, 3.8) is 0 Å². The average molecular weight is 451 g/mol. The van der Waals surface area contributed by atoms with Crippen LogP contribution in [0.5, 0.6) is 0 Å². The lowest BCUT2D eigenvalue weighted by Gasteiger charge is -2.24. The van der Waals surface area contributed by atoms with Crippen LogP contribution in [0.25, 0.3) is 0 Å². The zero-order chi connectivity index (χ0) is 22.3. The number of rotatable bonds is 6. The van der Waals surface area contributed by atoms with Crippen LogP contribution in [-0.2, 0) is 23.0 Å². The Morgan fingerprint density at radius 1 is 1.00 bits per heavy atom. The summed E-state index contributed by atoms with van der Waals surface area (Å²) in [6.45, 7) is 0.749. The smallest absolute Gasteiger partial charge is 0.264 e. The average Bonchev–Trinajstić information content (AvgIpc) is 3.55. The molecule has 164 valence electrons. The van der Waals surface area contributed by atoms with Crippen LogP contribution in [0.15, 0.2) is 77.7 Å². The molecule has 7 heteroatoms. The fourth-order valence-corrected chi connectivity index (χ4v) is 5.73. The van der Waals surface area contributed by atoms with Crippen molar-refractivity contribution in [3.8, 4) is 0 Å². The van der Waals surface area contributed by atoms with Gasteiger partial charge in [-0.2, -0.15) is 0 Å². The first kappa shape index (κ1) is 20.7. The number of amides is 1. The molecule has 1 heterocycles. The van der Waals surface area contributed by atoms with E-state index in [9.17, 15) is 17.6 Å². The number of carbonyl (C=O) groups excluding carboxylic acids is 1. The van der Waals surface area contributed by atoms with Gasteiger partial charge < -0.3 is 4.90 Å². The zero-order valence-corrected chi connectivity index (χ0v) is 18.3. The van der Waals surface area contributed by atoms with Gasteiger partial charge in [-0.05, 0) is 66.8 Å². The maximum Gasteiger partial charge on any atom is 0.264 e. The molecule has 5 rings (SSSR count). The number of anilines is 1. The molecule has 1 fully saturated rings. The summed E-state index contributed by atoms with van der Waals surface area (Å²) in [6.07, 6.45) is 2.49. The molecule has 1 aliphatic carbocycles. The van der Waals surface area contributed by atoms with Crippen molar-refractivity contribution in [2.75, 3.05) is 10.8 Å². The Bertz CT molecular complexity index is 1270. The highest BCUT2D eigenvalue weighted by Gasteiger charge is 2.34. The summed E-state index contributed by atoms with van der Waals surface area (Å²) >= 11 is 0. The second-order valence-electron chi connectivity index (χ2n) is 8.27. The predicted octanol–water partition coefficient (Wildman–Crippen LogP) is 4.38. The Balaban J connectivity index is 1.43. The van der Waals surface area contributed by atoms with Gasteiger partial charge in [0, 0.05) is 24.7 Å². The molecule has 1 saturated carbocycles. The third-order valence-electron chi connectivity index (χ3n) is 6.03. The summed E-state index contributed by atoms with van der Waals surface area (Å²) in [5.74, 6) is -0.532. The molecule has 0 aromatic heterocycles. The lowest BCUT2D eigenvalue weighted by molar-refractivity contribution is 0.0729. The SMILES string of the molecule is O=C(c1cccc(S(=O)(=O)N2CCc3ccccc32)c1)N(Cc1ccc(F)cc1)C1CC1. The predicted molar refractivity (Wildman–Crippen MR) is 120 cm³/mol. The maximum absolute atomic E-state index is 13.4. The molecule has 0 N–H and O–H groups in total. The molecular weight excluding hydrogens is 427 g/mol. The van der Waals surface area contributed by atoms with Crippen LogP contribution in [0.2, 0.25) is 0 Å². The highest BCUT2D eigenvalue weighted by Crippen LogP contribution is 2.34. The van der Waals surface area contributed by atoms with Gasteiger partial charge in [0.1, 0.15) is 5.82 Å². The van der Waals surface area contributed by atoms with Gasteiger partial charge in [0.2, 0.25) is 0 Å². The number of halogens is 1. The van der Waals surface area contributed by atoms with Crippen LogP contribution in [0, 0.1) is 5.82 Å². The number of para-hydroxylation sites is 1. The molecule has 32 heavy (non-hydrogen) atoms. The fraction of sp³-hybridized carbons (Fsp3) is 0.240. The molecule has 0 unspecified atom stereocenters. The van der Waals surface area contributed by atoms with Gasteiger partial charge in [-0.3, -0.25) is 9.10 Å². The van der Waals surface area contributed by atoms with Gasteiger partial charge in [0.05, 0.1) is 10.6 Å². The minimum Gasteiger partial charge on any atom is -0.331 e. The first-order valence-corrected chi connectivity index (χ1v) is 12.1. The Kier molecular flexibility index (Phi) is 5.21. The summed E-state index contributed by atoms with van der Waals surface area (Å²) in [7, 11) is -3.78. The van der Waals surface area contributed by atoms with E-state index in [1.54, 1.807) is 29.2 Å². The van der Waals surface area contributed by atoms with E-state index in [4.69, 9.17) is 0 Å². The van der Waals surface area contributed by atoms with Gasteiger partial charge >= 0.3 is 0 Å². The van der Waals surface area contributed by atoms with Crippen LogP contribution >= 0.6 is 0 Å². The van der Waals surface area contributed by atoms with Crippen LogP contribution in [0.1, 0.15) is 34.3 Å². The molecule has 0 radical (unpaired) electrons. The normalized spacial score (nSPS) is 15.5. The van der Waals surface area contributed by atoms with Crippen molar-refractivity contribution >= 4 is 21.6 Å². The van der Waals surface area contributed by atoms with Crippen LogP contribution in [0.3, 0.4) is 0 Å². The first-order chi connectivity index (χ1) is 15.4. The van der Waals surface area contributed by atoms with Crippen molar-refractivity contribution in [1.82, 2.24) is 4.90 Å². The number of nitrogens with zero attached hydrogens (tertiary/aromatic N) is 2. The highest BCUT2D eigenvalue weighted by atomic mass is 32.2. The molecule has 0 spiro atoms. The summed E-state index contributed by atoms with van der Waals surface area (Å²) < 4.78 is 41.4. The summed E-state index contributed by atoms with van der Waals surface area (Å²) in [6, 6.07) is 20.0. The molecule has 2 aliphatic rings.